The maximum Gasteiger partial charge on any atom is 0.323 e. The Labute approximate surface area is 111 Å². The van der Waals surface area contributed by atoms with Gasteiger partial charge in [0.25, 0.3) is 0 Å². The largest absolute Gasteiger partial charge is 0.465 e. The highest BCUT2D eigenvalue weighted by molar-refractivity contribution is 5.75. The molecule has 0 aromatic carbocycles. The number of hydrogen-bond acceptors (Lipinski definition) is 3. The molecule has 104 valence electrons. The molecule has 0 amide bonds. The molecule has 0 spiro atoms. The molecule has 2 rings (SSSR count). The summed E-state index contributed by atoms with van der Waals surface area (Å²) in [5.74, 6) is 0.820. The van der Waals surface area contributed by atoms with Crippen molar-refractivity contribution in [3.8, 4) is 0 Å². The molecular formula is C15H27NO2. The third kappa shape index (κ3) is 2.87. The van der Waals surface area contributed by atoms with E-state index in [1.807, 2.05) is 6.92 Å². The van der Waals surface area contributed by atoms with Crippen molar-refractivity contribution in [1.82, 2.24) is 4.90 Å². The fraction of sp³-hybridized carbons (Fsp3) is 0.933. The van der Waals surface area contributed by atoms with Crippen LogP contribution in [0, 0.1) is 5.92 Å². The van der Waals surface area contributed by atoms with E-state index in [4.69, 9.17) is 4.74 Å². The van der Waals surface area contributed by atoms with E-state index in [1.54, 1.807) is 0 Å². The first-order chi connectivity index (χ1) is 8.77. The van der Waals surface area contributed by atoms with Crippen molar-refractivity contribution in [2.75, 3.05) is 13.2 Å². The lowest BCUT2D eigenvalue weighted by Gasteiger charge is -2.34. The van der Waals surface area contributed by atoms with Crippen molar-refractivity contribution in [3.63, 3.8) is 0 Å². The van der Waals surface area contributed by atoms with E-state index in [9.17, 15) is 4.79 Å². The van der Waals surface area contributed by atoms with Crippen LogP contribution in [0.5, 0.6) is 0 Å². The topological polar surface area (TPSA) is 29.5 Å². The van der Waals surface area contributed by atoms with Gasteiger partial charge in [0, 0.05) is 6.04 Å². The molecule has 0 aromatic rings. The Morgan fingerprint density at radius 2 is 1.94 bits per heavy atom. The molecule has 1 saturated carbocycles. The summed E-state index contributed by atoms with van der Waals surface area (Å²) in [6, 6.07) is 0.639. The van der Waals surface area contributed by atoms with E-state index in [-0.39, 0.29) is 12.0 Å². The van der Waals surface area contributed by atoms with Crippen LogP contribution in [-0.4, -0.2) is 36.1 Å². The van der Waals surface area contributed by atoms with E-state index in [0.717, 1.165) is 18.9 Å². The molecule has 1 aliphatic heterocycles. The minimum Gasteiger partial charge on any atom is -0.465 e. The van der Waals surface area contributed by atoms with Crippen molar-refractivity contribution in [3.05, 3.63) is 0 Å². The zero-order chi connectivity index (χ0) is 13.0. The predicted molar refractivity (Wildman–Crippen MR) is 72.4 cm³/mol. The maximum absolute atomic E-state index is 12.1. The number of esters is 1. The first-order valence-electron chi connectivity index (χ1n) is 7.70. The average molecular weight is 253 g/mol. The molecular weight excluding hydrogens is 226 g/mol. The third-order valence-corrected chi connectivity index (χ3v) is 4.63. The van der Waals surface area contributed by atoms with Crippen LogP contribution in [0.25, 0.3) is 0 Å². The highest BCUT2D eigenvalue weighted by atomic mass is 16.5. The Bertz CT molecular complexity index is 274. The van der Waals surface area contributed by atoms with Gasteiger partial charge in [0.05, 0.1) is 6.61 Å². The van der Waals surface area contributed by atoms with Crippen LogP contribution in [0.15, 0.2) is 0 Å². The molecule has 0 aromatic heterocycles. The highest BCUT2D eigenvalue weighted by Crippen LogP contribution is 2.36. The van der Waals surface area contributed by atoms with Crippen molar-refractivity contribution < 1.29 is 9.53 Å². The molecule has 2 aliphatic rings. The Balaban J connectivity index is 2.01. The van der Waals surface area contributed by atoms with Crippen LogP contribution < -0.4 is 0 Å². The van der Waals surface area contributed by atoms with Gasteiger partial charge >= 0.3 is 5.97 Å². The van der Waals surface area contributed by atoms with E-state index >= 15 is 0 Å². The van der Waals surface area contributed by atoms with Gasteiger partial charge < -0.3 is 4.74 Å². The maximum atomic E-state index is 12.1. The Kier molecular flexibility index (Phi) is 5.04. The van der Waals surface area contributed by atoms with Crippen molar-refractivity contribution in [2.24, 2.45) is 5.92 Å². The number of carbonyl (C=O) groups is 1. The lowest BCUT2D eigenvalue weighted by molar-refractivity contribution is -0.150. The number of ether oxygens (including phenoxy) is 1. The SMILES string of the molecule is CCOC(=O)C(CC)N1CCCC1C1CCCC1. The Hall–Kier alpha value is -0.570. The van der Waals surface area contributed by atoms with Crippen molar-refractivity contribution in [2.45, 2.75) is 70.9 Å². The third-order valence-electron chi connectivity index (χ3n) is 4.63. The number of rotatable bonds is 5. The summed E-state index contributed by atoms with van der Waals surface area (Å²) in [7, 11) is 0. The molecule has 0 radical (unpaired) electrons. The molecule has 1 heterocycles. The second-order valence-corrected chi connectivity index (χ2v) is 5.67. The average Bonchev–Trinajstić information content (AvgIpc) is 2.99. The number of carbonyl (C=O) groups excluding carboxylic acids is 1. The molecule has 2 atom stereocenters. The van der Waals surface area contributed by atoms with Gasteiger partial charge in [-0.25, -0.2) is 0 Å². The zero-order valence-electron chi connectivity index (χ0n) is 11.9. The van der Waals surface area contributed by atoms with Crippen LogP contribution in [-0.2, 0) is 9.53 Å². The van der Waals surface area contributed by atoms with Gasteiger partial charge in [0.15, 0.2) is 0 Å². The van der Waals surface area contributed by atoms with E-state index < -0.39 is 0 Å². The van der Waals surface area contributed by atoms with Gasteiger partial charge in [-0.05, 0) is 51.5 Å². The summed E-state index contributed by atoms with van der Waals surface area (Å²) in [6.45, 7) is 5.57. The molecule has 3 nitrogen and oxygen atoms in total. The monoisotopic (exact) mass is 253 g/mol. The van der Waals surface area contributed by atoms with E-state index in [1.165, 1.54) is 38.5 Å². The Morgan fingerprint density at radius 3 is 2.56 bits per heavy atom. The standard InChI is InChI=1S/C15H27NO2/c1-3-13(15(17)18-4-2)16-11-7-10-14(16)12-8-5-6-9-12/h12-14H,3-11H2,1-2H3. The lowest BCUT2D eigenvalue weighted by atomic mass is 9.95. The van der Waals surface area contributed by atoms with Crippen molar-refractivity contribution in [1.29, 1.82) is 0 Å². The van der Waals surface area contributed by atoms with Crippen LogP contribution in [0.1, 0.15) is 58.8 Å². The molecule has 18 heavy (non-hydrogen) atoms. The quantitative estimate of drug-likeness (QED) is 0.705. The highest BCUT2D eigenvalue weighted by Gasteiger charge is 2.39. The van der Waals surface area contributed by atoms with Gasteiger partial charge in [-0.15, -0.1) is 0 Å². The summed E-state index contributed by atoms with van der Waals surface area (Å²) in [6.07, 6.45) is 8.89. The summed E-state index contributed by atoms with van der Waals surface area (Å²) >= 11 is 0. The Morgan fingerprint density at radius 1 is 1.22 bits per heavy atom. The molecule has 0 N–H and O–H groups in total. The van der Waals surface area contributed by atoms with Gasteiger partial charge in [-0.3, -0.25) is 9.69 Å². The second-order valence-electron chi connectivity index (χ2n) is 5.67. The first-order valence-corrected chi connectivity index (χ1v) is 7.70. The van der Waals surface area contributed by atoms with Crippen LogP contribution >= 0.6 is 0 Å². The van der Waals surface area contributed by atoms with Gasteiger partial charge in [-0.2, -0.15) is 0 Å². The van der Waals surface area contributed by atoms with Crippen LogP contribution in [0.4, 0.5) is 0 Å². The molecule has 3 heteroatoms. The summed E-state index contributed by atoms with van der Waals surface area (Å²) in [4.78, 5) is 14.5. The first kappa shape index (κ1) is 13.9. The number of hydrogen-bond donors (Lipinski definition) is 0. The molecule has 0 bridgehead atoms. The van der Waals surface area contributed by atoms with Crippen LogP contribution in [0.2, 0.25) is 0 Å². The fourth-order valence-corrected chi connectivity index (χ4v) is 3.83. The van der Waals surface area contributed by atoms with E-state index in [2.05, 4.69) is 11.8 Å². The summed E-state index contributed by atoms with van der Waals surface area (Å²) < 4.78 is 5.24. The van der Waals surface area contributed by atoms with Gasteiger partial charge in [0.1, 0.15) is 6.04 Å². The lowest BCUT2D eigenvalue weighted by Crippen LogP contribution is -2.46. The number of nitrogens with zero attached hydrogens (tertiary/aromatic N) is 1. The second kappa shape index (κ2) is 6.55. The minimum atomic E-state index is -0.00935. The molecule has 1 saturated heterocycles. The van der Waals surface area contributed by atoms with Crippen molar-refractivity contribution >= 4 is 5.97 Å². The fourth-order valence-electron chi connectivity index (χ4n) is 3.83. The van der Waals surface area contributed by atoms with Gasteiger partial charge in [-0.1, -0.05) is 19.8 Å². The molecule has 2 unspecified atom stereocenters. The molecule has 2 fully saturated rings. The predicted octanol–water partition coefficient (Wildman–Crippen LogP) is 2.98. The smallest absolute Gasteiger partial charge is 0.323 e. The van der Waals surface area contributed by atoms with E-state index in [0.29, 0.717) is 12.6 Å². The normalized spacial score (nSPS) is 27.6. The summed E-state index contributed by atoms with van der Waals surface area (Å²) in [5.41, 5.74) is 0. The summed E-state index contributed by atoms with van der Waals surface area (Å²) in [5, 5.41) is 0. The molecule has 1 aliphatic carbocycles. The number of likely N-dealkylation sites (tertiary alicyclic amines) is 1. The van der Waals surface area contributed by atoms with Crippen LogP contribution in [0.3, 0.4) is 0 Å². The minimum absolute atomic E-state index is 0.00181. The zero-order valence-corrected chi connectivity index (χ0v) is 11.9. The van der Waals surface area contributed by atoms with Gasteiger partial charge in [0.2, 0.25) is 0 Å².